The topological polar surface area (TPSA) is 109 Å². The Hall–Kier alpha value is -3.42. The van der Waals surface area contributed by atoms with Gasteiger partial charge in [-0.3, -0.25) is 0 Å². The minimum absolute atomic E-state index is 0.0855. The number of ether oxygens (including phenoxy) is 3. The van der Waals surface area contributed by atoms with Gasteiger partial charge in [-0.1, -0.05) is 39.7 Å². The molecule has 1 fully saturated rings. The third-order valence-corrected chi connectivity index (χ3v) is 11.1. The number of fused-ring (bicyclic) bond motifs is 5. The van der Waals surface area contributed by atoms with Crippen molar-refractivity contribution in [2.45, 2.75) is 128 Å². The number of rotatable bonds is 13. The summed E-state index contributed by atoms with van der Waals surface area (Å²) in [6, 6.07) is 11.4. The Morgan fingerprint density at radius 1 is 0.939 bits per heavy atom. The summed E-state index contributed by atoms with van der Waals surface area (Å²) in [5, 5.41) is 43.0. The molecule has 1 heterocycles. The van der Waals surface area contributed by atoms with Gasteiger partial charge in [-0.15, -0.1) is 0 Å². The zero-order valence-electron chi connectivity index (χ0n) is 29.8. The zero-order valence-corrected chi connectivity index (χ0v) is 29.8. The lowest BCUT2D eigenvalue weighted by Crippen LogP contribution is -2.32. The summed E-state index contributed by atoms with van der Waals surface area (Å²) in [6.07, 6.45) is 10.9. The molecule has 266 valence electrons. The normalized spacial score (nSPS) is 21.0. The van der Waals surface area contributed by atoms with Crippen LogP contribution in [0.5, 0.6) is 28.7 Å². The van der Waals surface area contributed by atoms with Gasteiger partial charge < -0.3 is 34.6 Å². The van der Waals surface area contributed by atoms with Crippen LogP contribution in [-0.4, -0.2) is 46.4 Å². The molecule has 2 aliphatic carbocycles. The van der Waals surface area contributed by atoms with E-state index in [9.17, 15) is 20.4 Å². The van der Waals surface area contributed by atoms with E-state index in [0.29, 0.717) is 29.8 Å². The maximum absolute atomic E-state index is 11.8. The molecular formula is C42H56O7. The van der Waals surface area contributed by atoms with Crippen LogP contribution < -0.4 is 14.2 Å². The molecule has 6 rings (SSSR count). The first-order chi connectivity index (χ1) is 23.7. The van der Waals surface area contributed by atoms with Crippen molar-refractivity contribution in [3.05, 3.63) is 64.2 Å². The summed E-state index contributed by atoms with van der Waals surface area (Å²) < 4.78 is 19.1. The molecule has 0 bridgehead atoms. The molecule has 1 aliphatic heterocycles. The third kappa shape index (κ3) is 7.68. The average molecular weight is 673 g/mol. The van der Waals surface area contributed by atoms with Gasteiger partial charge in [0.2, 0.25) is 0 Å². The number of aliphatic hydroxyl groups excluding tert-OH is 2. The first kappa shape index (κ1) is 35.4. The SMILES string of the molecule is CC[C@H](CCCO)CC[C@@H]1Cc2cc(O)c(CC(C)C)cc2-c2c(OC)cc3c(c21)C[C@@H](O)[C@H](c1ccc(O)c(OC2CCCCC2)c1)O3. The van der Waals surface area contributed by atoms with Crippen LogP contribution in [0.2, 0.25) is 0 Å². The van der Waals surface area contributed by atoms with Gasteiger partial charge in [0.15, 0.2) is 11.5 Å². The summed E-state index contributed by atoms with van der Waals surface area (Å²) in [4.78, 5) is 0. The van der Waals surface area contributed by atoms with E-state index in [0.717, 1.165) is 116 Å². The van der Waals surface area contributed by atoms with Gasteiger partial charge in [0.05, 0.1) is 19.3 Å². The highest BCUT2D eigenvalue weighted by Crippen LogP contribution is 2.54. The van der Waals surface area contributed by atoms with E-state index in [1.54, 1.807) is 13.2 Å². The number of aromatic hydroxyl groups is 2. The van der Waals surface area contributed by atoms with E-state index in [2.05, 4.69) is 26.8 Å². The van der Waals surface area contributed by atoms with Crippen LogP contribution in [0.15, 0.2) is 36.4 Å². The second kappa shape index (κ2) is 15.6. The first-order valence-electron chi connectivity index (χ1n) is 18.7. The smallest absolute Gasteiger partial charge is 0.161 e. The lowest BCUT2D eigenvalue weighted by atomic mass is 9.71. The molecule has 0 unspecified atom stereocenters. The quantitative estimate of drug-likeness (QED) is 0.144. The number of phenolic OH excluding ortho intramolecular Hbond substituents is 2. The fraction of sp³-hybridized carbons (Fsp3) is 0.571. The van der Waals surface area contributed by atoms with Gasteiger partial charge >= 0.3 is 0 Å². The van der Waals surface area contributed by atoms with Crippen LogP contribution in [0.3, 0.4) is 0 Å². The molecule has 3 aliphatic rings. The van der Waals surface area contributed by atoms with E-state index >= 15 is 0 Å². The summed E-state index contributed by atoms with van der Waals surface area (Å²) in [5.74, 6) is 3.41. The Balaban J connectivity index is 1.40. The Bertz CT molecular complexity index is 1590. The molecule has 3 aromatic rings. The monoisotopic (exact) mass is 672 g/mol. The van der Waals surface area contributed by atoms with Crippen molar-refractivity contribution in [1.82, 2.24) is 0 Å². The summed E-state index contributed by atoms with van der Waals surface area (Å²) >= 11 is 0. The van der Waals surface area contributed by atoms with Crippen molar-refractivity contribution >= 4 is 0 Å². The van der Waals surface area contributed by atoms with Gasteiger partial charge in [0.25, 0.3) is 0 Å². The maximum atomic E-state index is 11.8. The Kier molecular flexibility index (Phi) is 11.3. The lowest BCUT2D eigenvalue weighted by molar-refractivity contribution is 0.0199. The van der Waals surface area contributed by atoms with Crippen molar-refractivity contribution < 1.29 is 34.6 Å². The summed E-state index contributed by atoms with van der Waals surface area (Å²) in [6.45, 7) is 6.76. The number of phenols is 2. The largest absolute Gasteiger partial charge is 0.508 e. The van der Waals surface area contributed by atoms with Crippen molar-refractivity contribution in [2.75, 3.05) is 13.7 Å². The molecule has 0 saturated heterocycles. The number of hydrogen-bond acceptors (Lipinski definition) is 7. The number of methoxy groups -OCH3 is 1. The maximum Gasteiger partial charge on any atom is 0.161 e. The highest BCUT2D eigenvalue weighted by Gasteiger charge is 2.38. The predicted octanol–water partition coefficient (Wildman–Crippen LogP) is 8.94. The Labute approximate surface area is 292 Å². The molecule has 0 spiro atoms. The van der Waals surface area contributed by atoms with Crippen LogP contribution in [0, 0.1) is 11.8 Å². The molecule has 7 nitrogen and oxygen atoms in total. The van der Waals surface area contributed by atoms with Crippen molar-refractivity contribution in [3.63, 3.8) is 0 Å². The van der Waals surface area contributed by atoms with Gasteiger partial charge in [0, 0.05) is 30.2 Å². The molecule has 1 saturated carbocycles. The van der Waals surface area contributed by atoms with Gasteiger partial charge in [-0.05, 0) is 134 Å². The van der Waals surface area contributed by atoms with E-state index in [1.165, 1.54) is 12.0 Å². The second-order valence-corrected chi connectivity index (χ2v) is 15.1. The molecular weight excluding hydrogens is 616 g/mol. The van der Waals surface area contributed by atoms with E-state index in [-0.39, 0.29) is 24.4 Å². The number of benzene rings is 3. The van der Waals surface area contributed by atoms with E-state index in [1.807, 2.05) is 24.3 Å². The summed E-state index contributed by atoms with van der Waals surface area (Å²) in [5.41, 5.74) is 7.16. The second-order valence-electron chi connectivity index (χ2n) is 15.1. The van der Waals surface area contributed by atoms with Crippen molar-refractivity contribution in [1.29, 1.82) is 0 Å². The molecule has 49 heavy (non-hydrogen) atoms. The number of hydrogen-bond donors (Lipinski definition) is 4. The standard InChI is InChI=1S/C42H56O7/c1-5-26(10-9-17-43)13-14-27-19-29-21-35(45)30(18-25(2)3)20-32(29)41-39(47-4)24-37-33(40(27)41)23-36(46)42(49-37)28-15-16-34(44)38(22-28)48-31-11-7-6-8-12-31/h15-16,20-22,24-27,31,36,42-46H,5-14,17-19,23H2,1-4H3/t26-,27-,36-,42+/m1/s1. The summed E-state index contributed by atoms with van der Waals surface area (Å²) in [7, 11) is 1.70. The molecule has 3 aromatic carbocycles. The van der Waals surface area contributed by atoms with E-state index in [4.69, 9.17) is 14.2 Å². The fourth-order valence-electron chi connectivity index (χ4n) is 8.55. The van der Waals surface area contributed by atoms with Crippen molar-refractivity contribution in [3.8, 4) is 39.9 Å². The minimum atomic E-state index is -0.802. The molecule has 0 radical (unpaired) electrons. The zero-order chi connectivity index (χ0) is 34.7. The Morgan fingerprint density at radius 2 is 1.73 bits per heavy atom. The number of aliphatic hydroxyl groups is 2. The molecule has 4 N–H and O–H groups in total. The van der Waals surface area contributed by atoms with Gasteiger partial charge in [-0.2, -0.15) is 0 Å². The lowest BCUT2D eigenvalue weighted by Gasteiger charge is -2.38. The van der Waals surface area contributed by atoms with Crippen LogP contribution in [0.25, 0.3) is 11.1 Å². The predicted molar refractivity (Wildman–Crippen MR) is 193 cm³/mol. The van der Waals surface area contributed by atoms with Crippen LogP contribution in [0.4, 0.5) is 0 Å². The molecule has 0 aromatic heterocycles. The van der Waals surface area contributed by atoms with E-state index < -0.39 is 12.2 Å². The van der Waals surface area contributed by atoms with Gasteiger partial charge in [-0.25, -0.2) is 0 Å². The minimum Gasteiger partial charge on any atom is -0.508 e. The van der Waals surface area contributed by atoms with Crippen molar-refractivity contribution in [2.24, 2.45) is 11.8 Å². The molecule has 0 amide bonds. The fourth-order valence-corrected chi connectivity index (χ4v) is 8.55. The average Bonchev–Trinajstić information content (AvgIpc) is 3.09. The first-order valence-corrected chi connectivity index (χ1v) is 18.7. The highest BCUT2D eigenvalue weighted by atomic mass is 16.5. The van der Waals surface area contributed by atoms with Crippen LogP contribution >= 0.6 is 0 Å². The Morgan fingerprint density at radius 3 is 2.45 bits per heavy atom. The van der Waals surface area contributed by atoms with Crippen LogP contribution in [-0.2, 0) is 19.3 Å². The highest BCUT2D eigenvalue weighted by molar-refractivity contribution is 5.83. The molecule has 4 atom stereocenters. The third-order valence-electron chi connectivity index (χ3n) is 11.1. The van der Waals surface area contributed by atoms with Crippen LogP contribution in [0.1, 0.15) is 125 Å². The van der Waals surface area contributed by atoms with Gasteiger partial charge in [0.1, 0.15) is 23.4 Å². The molecule has 7 heteroatoms.